The molecule has 0 saturated heterocycles. The number of hydrogen-bond acceptors (Lipinski definition) is 2. The van der Waals surface area contributed by atoms with Crippen LogP contribution in [0, 0.1) is 16.7 Å². The number of nitriles is 1. The predicted molar refractivity (Wildman–Crippen MR) is 103 cm³/mol. The fourth-order valence-corrected chi connectivity index (χ4v) is 5.01. The molecule has 1 aromatic rings. The third kappa shape index (κ3) is 3.71. The molecule has 3 aliphatic carbocycles. The van der Waals surface area contributed by atoms with E-state index in [1.807, 2.05) is 0 Å². The molecule has 3 fully saturated rings. The van der Waals surface area contributed by atoms with Gasteiger partial charge in [0, 0.05) is 0 Å². The van der Waals surface area contributed by atoms with Crippen molar-refractivity contribution in [3.8, 4) is 11.8 Å². The lowest BCUT2D eigenvalue weighted by atomic mass is 9.51. The second kappa shape index (κ2) is 7.81. The van der Waals surface area contributed by atoms with Crippen LogP contribution < -0.4 is 4.74 Å². The molecule has 4 rings (SSSR count). The highest BCUT2D eigenvalue weighted by Gasteiger charge is 2.48. The van der Waals surface area contributed by atoms with Gasteiger partial charge in [-0.25, -0.2) is 0 Å². The summed E-state index contributed by atoms with van der Waals surface area (Å²) in [6.07, 6.45) is 14.1. The van der Waals surface area contributed by atoms with Crippen LogP contribution in [0.2, 0.25) is 0 Å². The number of benzene rings is 1. The number of hydrogen-bond donors (Lipinski definition) is 0. The number of nitrogens with zero attached hydrogens (tertiary/aromatic N) is 1. The standard InChI is InChI=1S/C23H33NO/c1-3-5-6-7-16-25-21-9-8-20(17-19(21)18-24)23-13-10-22(4-2,11-14-23)12-15-23/h8-9,17H,3-7,10-16H2,1-2H3. The fraction of sp³-hybridized carbons (Fsp3) is 0.696. The Kier molecular flexibility index (Phi) is 5.72. The van der Waals surface area contributed by atoms with Gasteiger partial charge >= 0.3 is 0 Å². The van der Waals surface area contributed by atoms with Crippen LogP contribution in [-0.4, -0.2) is 6.61 Å². The maximum Gasteiger partial charge on any atom is 0.137 e. The summed E-state index contributed by atoms with van der Waals surface area (Å²) in [5.41, 5.74) is 3.05. The molecule has 1 aromatic carbocycles. The number of rotatable bonds is 8. The van der Waals surface area contributed by atoms with Crippen LogP contribution in [0.5, 0.6) is 5.75 Å². The van der Waals surface area contributed by atoms with Crippen molar-refractivity contribution in [2.24, 2.45) is 5.41 Å². The zero-order chi connectivity index (χ0) is 17.8. The van der Waals surface area contributed by atoms with Crippen molar-refractivity contribution in [2.75, 3.05) is 6.61 Å². The van der Waals surface area contributed by atoms with Gasteiger partial charge in [-0.2, -0.15) is 5.26 Å². The summed E-state index contributed by atoms with van der Waals surface area (Å²) < 4.78 is 5.90. The maximum atomic E-state index is 9.60. The molecule has 136 valence electrons. The Morgan fingerprint density at radius 2 is 1.72 bits per heavy atom. The first-order valence-corrected chi connectivity index (χ1v) is 10.3. The van der Waals surface area contributed by atoms with Gasteiger partial charge < -0.3 is 4.74 Å². The largest absolute Gasteiger partial charge is 0.492 e. The van der Waals surface area contributed by atoms with Gasteiger partial charge in [0.25, 0.3) is 0 Å². The van der Waals surface area contributed by atoms with Crippen LogP contribution in [0.3, 0.4) is 0 Å². The van der Waals surface area contributed by atoms with E-state index in [4.69, 9.17) is 4.74 Å². The molecule has 2 heteroatoms. The molecule has 3 aliphatic rings. The Bertz CT molecular complexity index is 603. The highest BCUT2D eigenvalue weighted by Crippen LogP contribution is 2.59. The molecule has 0 atom stereocenters. The van der Waals surface area contributed by atoms with Gasteiger partial charge in [-0.15, -0.1) is 0 Å². The molecular weight excluding hydrogens is 306 g/mol. The summed E-state index contributed by atoms with van der Waals surface area (Å²) in [6, 6.07) is 8.80. The molecule has 0 unspecified atom stereocenters. The average Bonchev–Trinajstić information content (AvgIpc) is 2.69. The van der Waals surface area contributed by atoms with Gasteiger partial charge in [-0.1, -0.05) is 45.6 Å². The number of fused-ring (bicyclic) bond motifs is 3. The van der Waals surface area contributed by atoms with Gasteiger partial charge in [0.05, 0.1) is 12.2 Å². The highest BCUT2D eigenvalue weighted by atomic mass is 16.5. The lowest BCUT2D eigenvalue weighted by molar-refractivity contribution is 0.0366. The van der Waals surface area contributed by atoms with Gasteiger partial charge in [-0.05, 0) is 73.5 Å². The van der Waals surface area contributed by atoms with E-state index in [9.17, 15) is 5.26 Å². The van der Waals surface area contributed by atoms with Gasteiger partial charge in [0.2, 0.25) is 0 Å². The van der Waals surface area contributed by atoms with Crippen LogP contribution in [0.1, 0.15) is 95.6 Å². The van der Waals surface area contributed by atoms with Crippen LogP contribution >= 0.6 is 0 Å². The normalized spacial score (nSPS) is 27.9. The van der Waals surface area contributed by atoms with Gasteiger partial charge in [0.1, 0.15) is 11.8 Å². The number of unbranched alkanes of at least 4 members (excludes halogenated alkanes) is 3. The molecule has 0 N–H and O–H groups in total. The summed E-state index contributed by atoms with van der Waals surface area (Å²) in [5, 5.41) is 9.60. The Labute approximate surface area is 153 Å². The second-order valence-corrected chi connectivity index (χ2v) is 8.37. The Hall–Kier alpha value is -1.49. The Balaban J connectivity index is 1.69. The summed E-state index contributed by atoms with van der Waals surface area (Å²) >= 11 is 0. The monoisotopic (exact) mass is 339 g/mol. The quantitative estimate of drug-likeness (QED) is 0.505. The summed E-state index contributed by atoms with van der Waals surface area (Å²) in [4.78, 5) is 0. The van der Waals surface area contributed by atoms with Crippen LogP contribution in [0.4, 0.5) is 0 Å². The van der Waals surface area contributed by atoms with Crippen molar-refractivity contribution >= 4 is 0 Å². The van der Waals surface area contributed by atoms with E-state index in [1.54, 1.807) is 0 Å². The number of ether oxygens (including phenoxy) is 1. The van der Waals surface area contributed by atoms with Crippen molar-refractivity contribution in [1.29, 1.82) is 5.26 Å². The molecule has 0 amide bonds. The molecule has 0 spiro atoms. The molecule has 3 saturated carbocycles. The predicted octanol–water partition coefficient (Wildman–Crippen LogP) is 6.52. The molecular formula is C23H33NO. The van der Waals surface area contributed by atoms with E-state index in [-0.39, 0.29) is 0 Å². The van der Waals surface area contributed by atoms with Crippen molar-refractivity contribution in [1.82, 2.24) is 0 Å². The first-order valence-electron chi connectivity index (χ1n) is 10.3. The first kappa shape index (κ1) is 18.3. The molecule has 2 nitrogen and oxygen atoms in total. The van der Waals surface area contributed by atoms with E-state index >= 15 is 0 Å². The highest BCUT2D eigenvalue weighted by molar-refractivity contribution is 5.47. The third-order valence-corrected chi connectivity index (χ3v) is 7.12. The zero-order valence-corrected chi connectivity index (χ0v) is 16.1. The van der Waals surface area contributed by atoms with E-state index < -0.39 is 0 Å². The van der Waals surface area contributed by atoms with Crippen LogP contribution in [-0.2, 0) is 5.41 Å². The van der Waals surface area contributed by atoms with Crippen LogP contribution in [0.25, 0.3) is 0 Å². The summed E-state index contributed by atoms with van der Waals surface area (Å²) in [7, 11) is 0. The van der Waals surface area contributed by atoms with Gasteiger partial charge in [0.15, 0.2) is 0 Å². The van der Waals surface area contributed by atoms with Crippen LogP contribution in [0.15, 0.2) is 18.2 Å². The minimum atomic E-state index is 0.322. The molecule has 2 bridgehead atoms. The van der Waals surface area contributed by atoms with E-state index in [0.717, 1.165) is 24.3 Å². The Morgan fingerprint density at radius 3 is 2.32 bits per heavy atom. The van der Waals surface area contributed by atoms with Crippen molar-refractivity contribution in [2.45, 2.75) is 89.9 Å². The lowest BCUT2D eigenvalue weighted by Gasteiger charge is -2.54. The molecule has 0 heterocycles. The summed E-state index contributed by atoms with van der Waals surface area (Å²) in [5.74, 6) is 0.772. The second-order valence-electron chi connectivity index (χ2n) is 8.37. The fourth-order valence-electron chi connectivity index (χ4n) is 5.01. The molecule has 0 radical (unpaired) electrons. The SMILES string of the molecule is CCCCCCOc1ccc(C23CCC(CC)(CC2)CC3)cc1C#N. The maximum absolute atomic E-state index is 9.60. The first-order chi connectivity index (χ1) is 12.2. The van der Waals surface area contributed by atoms with Crippen molar-refractivity contribution < 1.29 is 4.74 Å². The molecule has 25 heavy (non-hydrogen) atoms. The zero-order valence-electron chi connectivity index (χ0n) is 16.1. The van der Waals surface area contributed by atoms with E-state index in [2.05, 4.69) is 38.1 Å². The Morgan fingerprint density at radius 1 is 1.00 bits per heavy atom. The molecule has 0 aliphatic heterocycles. The lowest BCUT2D eigenvalue weighted by Crippen LogP contribution is -2.43. The minimum absolute atomic E-state index is 0.322. The average molecular weight is 340 g/mol. The van der Waals surface area contributed by atoms with E-state index in [1.165, 1.54) is 69.8 Å². The van der Waals surface area contributed by atoms with E-state index in [0.29, 0.717) is 10.8 Å². The van der Waals surface area contributed by atoms with Gasteiger partial charge in [-0.3, -0.25) is 0 Å². The summed E-state index contributed by atoms with van der Waals surface area (Å²) in [6.45, 7) is 5.30. The minimum Gasteiger partial charge on any atom is -0.492 e. The topological polar surface area (TPSA) is 33.0 Å². The third-order valence-electron chi connectivity index (χ3n) is 7.12. The molecule has 0 aromatic heterocycles. The van der Waals surface area contributed by atoms with Crippen molar-refractivity contribution in [3.05, 3.63) is 29.3 Å². The van der Waals surface area contributed by atoms with Crippen molar-refractivity contribution in [3.63, 3.8) is 0 Å². The smallest absolute Gasteiger partial charge is 0.137 e.